The van der Waals surface area contributed by atoms with Crippen molar-refractivity contribution in [3.8, 4) is 12.3 Å². The third kappa shape index (κ3) is 17.2. The summed E-state index contributed by atoms with van der Waals surface area (Å²) in [7, 11) is 1.99. The molecule has 1 aliphatic rings. The molecule has 5 amide bonds. The smallest absolute Gasteiger partial charge is 0.334 e. The van der Waals surface area contributed by atoms with E-state index in [1.807, 2.05) is 65.0 Å². The van der Waals surface area contributed by atoms with E-state index in [-0.39, 0.29) is 41.7 Å². The van der Waals surface area contributed by atoms with Crippen LogP contribution in [0.4, 0.5) is 0 Å². The molecule has 0 saturated heterocycles. The van der Waals surface area contributed by atoms with Gasteiger partial charge in [0.15, 0.2) is 14.4 Å². The molecule has 68 heavy (non-hydrogen) atoms. The zero-order valence-electron chi connectivity index (χ0n) is 43.9. The molecule has 2 N–H and O–H groups in total. The second-order valence-electron chi connectivity index (χ2n) is 20.6. The summed E-state index contributed by atoms with van der Waals surface area (Å²) in [6, 6.07) is 4.64. The summed E-state index contributed by atoms with van der Waals surface area (Å²) in [5.41, 5.74) is 0.907. The molecule has 0 fully saturated rings. The highest BCUT2D eigenvalue weighted by atomic mass is 28.4. The number of unbranched alkanes of at least 4 members (excludes halogenated alkanes) is 1. The van der Waals surface area contributed by atoms with Crippen molar-refractivity contribution >= 4 is 49.8 Å². The van der Waals surface area contributed by atoms with Crippen molar-refractivity contribution in [3.05, 3.63) is 47.5 Å². The molecular formula is C52H83N5O10Si. The van der Waals surface area contributed by atoms with Gasteiger partial charge in [0.25, 0.3) is 5.91 Å². The first-order valence-corrected chi connectivity index (χ1v) is 27.1. The van der Waals surface area contributed by atoms with E-state index in [1.165, 1.54) is 42.8 Å². The van der Waals surface area contributed by atoms with E-state index in [2.05, 4.69) is 50.4 Å². The number of rotatable bonds is 13. The lowest BCUT2D eigenvalue weighted by atomic mass is 9.91. The van der Waals surface area contributed by atoms with Crippen molar-refractivity contribution in [2.75, 3.05) is 27.7 Å². The monoisotopic (exact) mass is 966 g/mol. The van der Waals surface area contributed by atoms with E-state index in [0.29, 0.717) is 25.7 Å². The molecule has 0 spiro atoms. The van der Waals surface area contributed by atoms with Crippen molar-refractivity contribution in [1.82, 2.24) is 25.3 Å². The highest BCUT2D eigenvalue weighted by Crippen LogP contribution is 2.39. The number of amides is 5. The molecular weight excluding hydrogens is 883 g/mol. The summed E-state index contributed by atoms with van der Waals surface area (Å²) >= 11 is 0. The molecule has 9 atom stereocenters. The van der Waals surface area contributed by atoms with Gasteiger partial charge in [-0.25, -0.2) is 9.59 Å². The Morgan fingerprint density at radius 2 is 1.51 bits per heavy atom. The summed E-state index contributed by atoms with van der Waals surface area (Å²) in [6.07, 6.45) is 7.31. The number of cyclic esters (lactones) is 2. The zero-order chi connectivity index (χ0) is 51.8. The third-order valence-electron chi connectivity index (χ3n) is 13.6. The Bertz CT molecular complexity index is 1960. The molecule has 0 aliphatic carbocycles. The van der Waals surface area contributed by atoms with Gasteiger partial charge in [-0.05, 0) is 75.6 Å². The van der Waals surface area contributed by atoms with Crippen LogP contribution in [0, 0.1) is 30.1 Å². The average molecular weight is 966 g/mol. The lowest BCUT2D eigenvalue weighted by molar-refractivity contribution is -0.162. The fourth-order valence-corrected chi connectivity index (χ4v) is 9.00. The van der Waals surface area contributed by atoms with Gasteiger partial charge in [0.1, 0.15) is 30.3 Å². The Hall–Kier alpha value is -5.01. The van der Waals surface area contributed by atoms with Gasteiger partial charge in [-0.1, -0.05) is 98.2 Å². The van der Waals surface area contributed by atoms with Gasteiger partial charge in [-0.3, -0.25) is 24.0 Å². The summed E-state index contributed by atoms with van der Waals surface area (Å²) in [4.78, 5) is 102. The molecule has 0 unspecified atom stereocenters. The van der Waals surface area contributed by atoms with E-state index in [0.717, 1.165) is 5.56 Å². The van der Waals surface area contributed by atoms with Crippen LogP contribution >= 0.6 is 0 Å². The summed E-state index contributed by atoms with van der Waals surface area (Å²) in [6.45, 7) is 24.2. The first-order chi connectivity index (χ1) is 31.6. The molecule has 2 rings (SSSR count). The number of terminal acetylenes is 1. The number of ether oxygens (including phenoxy) is 2. The van der Waals surface area contributed by atoms with Crippen molar-refractivity contribution in [2.24, 2.45) is 17.8 Å². The molecule has 1 heterocycles. The van der Waals surface area contributed by atoms with Crippen LogP contribution in [0.1, 0.15) is 120 Å². The Morgan fingerprint density at radius 3 is 2.07 bits per heavy atom. The number of nitrogens with one attached hydrogen (secondary N) is 2. The van der Waals surface area contributed by atoms with Gasteiger partial charge < -0.3 is 39.2 Å². The first-order valence-electron chi connectivity index (χ1n) is 24.2. The van der Waals surface area contributed by atoms with Gasteiger partial charge in [-0.15, -0.1) is 12.3 Å². The normalized spacial score (nSPS) is 25.3. The number of nitrogens with zero attached hydrogens (tertiary/aromatic N) is 3. The molecule has 0 radical (unpaired) electrons. The van der Waals surface area contributed by atoms with Gasteiger partial charge >= 0.3 is 11.9 Å². The van der Waals surface area contributed by atoms with E-state index in [9.17, 15) is 33.6 Å². The first kappa shape index (κ1) is 59.1. The largest absolute Gasteiger partial charge is 0.460 e. The number of likely N-dealkylation sites (N-methyl/N-ethyl adjacent to an activating group) is 3. The Balaban J connectivity index is 2.78. The minimum absolute atomic E-state index is 0.0611. The van der Waals surface area contributed by atoms with Crippen LogP contribution in [0.5, 0.6) is 0 Å². The van der Waals surface area contributed by atoms with Crippen LogP contribution in [0.2, 0.25) is 18.1 Å². The highest BCUT2D eigenvalue weighted by molar-refractivity contribution is 6.74. The number of carbonyl (C=O) groups is 7. The van der Waals surface area contributed by atoms with Crippen LogP contribution in [-0.4, -0.2) is 135 Å². The molecule has 0 saturated carbocycles. The fraction of sp³-hybridized carbons (Fsp3) is 0.673. The van der Waals surface area contributed by atoms with Crippen molar-refractivity contribution in [3.63, 3.8) is 0 Å². The van der Waals surface area contributed by atoms with Crippen LogP contribution < -0.4 is 10.6 Å². The predicted octanol–water partition coefficient (Wildman–Crippen LogP) is 6.45. The number of hydrogen-bond donors (Lipinski definition) is 2. The van der Waals surface area contributed by atoms with Gasteiger partial charge in [0.2, 0.25) is 23.6 Å². The molecule has 16 heteroatoms. The van der Waals surface area contributed by atoms with Crippen molar-refractivity contribution in [2.45, 2.75) is 182 Å². The Morgan fingerprint density at radius 1 is 0.897 bits per heavy atom. The summed E-state index contributed by atoms with van der Waals surface area (Å²) < 4.78 is 19.2. The van der Waals surface area contributed by atoms with E-state index < -0.39 is 105 Å². The molecule has 1 aromatic rings. The molecule has 1 aromatic carbocycles. The SMILES string of the molecule is C#CCCC[C@@H](O[Si](C)(C)C(C)(C)C)[C@@H](C)[C@@H]1C/C=C(\C)C(=O)O[C@H](CC(C)C)C(=O)N[C@@H](C)C(=O)N(C)[C@H](Cc2ccccc2)C(=O)N(C)CC(=O)N[C@@H]([C@@H](C)CC)C(=O)N(C)[C@@H](C)C(=O)O1. The maximum atomic E-state index is 14.3. The van der Waals surface area contributed by atoms with E-state index >= 15 is 0 Å². The van der Waals surface area contributed by atoms with Crippen molar-refractivity contribution < 1.29 is 47.5 Å². The summed E-state index contributed by atoms with van der Waals surface area (Å²) in [5.74, 6) is -2.65. The highest BCUT2D eigenvalue weighted by Gasteiger charge is 2.43. The third-order valence-corrected chi connectivity index (χ3v) is 18.1. The number of benzene rings is 1. The van der Waals surface area contributed by atoms with Gasteiger partial charge in [0.05, 0.1) is 12.6 Å². The molecule has 0 bridgehead atoms. The average Bonchev–Trinajstić information content (AvgIpc) is 3.27. The molecule has 380 valence electrons. The Labute approximate surface area is 408 Å². The number of esters is 2. The zero-order valence-corrected chi connectivity index (χ0v) is 44.9. The molecule has 15 nitrogen and oxygen atoms in total. The molecule has 0 aromatic heterocycles. The van der Waals surface area contributed by atoms with Crippen molar-refractivity contribution in [1.29, 1.82) is 0 Å². The predicted molar refractivity (Wildman–Crippen MR) is 267 cm³/mol. The van der Waals surface area contributed by atoms with Crippen LogP contribution in [-0.2, 0) is 53.9 Å². The second kappa shape index (κ2) is 26.7. The Kier molecular flexibility index (Phi) is 23.2. The summed E-state index contributed by atoms with van der Waals surface area (Å²) in [5, 5.41) is 5.39. The van der Waals surface area contributed by atoms with E-state index in [4.69, 9.17) is 20.3 Å². The quantitative estimate of drug-likeness (QED) is 0.0966. The van der Waals surface area contributed by atoms with E-state index in [1.54, 1.807) is 19.9 Å². The maximum Gasteiger partial charge on any atom is 0.334 e. The topological polar surface area (TPSA) is 181 Å². The standard InChI is InChI=1S/C52H83N5O10Si/c1-18-20-22-27-42(67-68(16,17)52(10,11)12)36(7)41-29-28-35(6)50(63)66-43(30-33(3)4)46(59)53-37(8)47(60)57(15)40(31-39-25-23-21-24-26-39)48(61)55(13)32-44(58)54-45(34(5)19-2)49(62)56(14)38(9)51(64)65-41/h1,21,23-26,28,33-34,36-38,40-43,45H,19-20,22,27,29-32H2,2-17H3,(H,53,59)(H,54,58)/b35-28+/t34-,36-,37-,38-,40+,41-,42+,43+,45-/m0/s1. The second-order valence-corrected chi connectivity index (χ2v) is 25.4. The van der Waals surface area contributed by atoms with Crippen LogP contribution in [0.3, 0.4) is 0 Å². The van der Waals surface area contributed by atoms with Gasteiger partial charge in [0, 0.05) is 51.9 Å². The lowest BCUT2D eigenvalue weighted by Gasteiger charge is -2.42. The van der Waals surface area contributed by atoms with Crippen LogP contribution in [0.25, 0.3) is 0 Å². The fourth-order valence-electron chi connectivity index (χ4n) is 7.55. The number of carbonyl (C=O) groups excluding carboxylic acids is 7. The lowest BCUT2D eigenvalue weighted by Crippen LogP contribution is -2.58. The number of hydrogen-bond acceptors (Lipinski definition) is 10. The molecule has 1 aliphatic heterocycles. The minimum Gasteiger partial charge on any atom is -0.460 e. The van der Waals surface area contributed by atoms with Gasteiger partial charge in [-0.2, -0.15) is 0 Å². The maximum absolute atomic E-state index is 14.3. The minimum atomic E-state index is -2.39. The van der Waals surface area contributed by atoms with Crippen LogP contribution in [0.15, 0.2) is 42.0 Å².